The van der Waals surface area contributed by atoms with Gasteiger partial charge in [0.25, 0.3) is 0 Å². The minimum absolute atomic E-state index is 0.0251. The SMILES string of the molecule is CC(N)COc1ccccc1OC(F)(F)F. The molecule has 0 bridgehead atoms. The van der Waals surface area contributed by atoms with Crippen molar-refractivity contribution in [2.75, 3.05) is 6.61 Å². The molecule has 0 aliphatic heterocycles. The van der Waals surface area contributed by atoms with Crippen LogP contribution in [0.4, 0.5) is 13.2 Å². The number of alkyl halides is 3. The van der Waals surface area contributed by atoms with E-state index in [1.165, 1.54) is 18.2 Å². The molecule has 0 aliphatic rings. The van der Waals surface area contributed by atoms with E-state index in [1.54, 1.807) is 13.0 Å². The molecule has 0 radical (unpaired) electrons. The Labute approximate surface area is 91.0 Å². The average Bonchev–Trinajstić information content (AvgIpc) is 2.14. The predicted molar refractivity (Wildman–Crippen MR) is 52.3 cm³/mol. The Morgan fingerprint density at radius 3 is 2.31 bits per heavy atom. The van der Waals surface area contributed by atoms with Gasteiger partial charge in [0.2, 0.25) is 0 Å². The van der Waals surface area contributed by atoms with Crippen LogP contribution in [0, 0.1) is 0 Å². The maximum absolute atomic E-state index is 12.0. The van der Waals surface area contributed by atoms with E-state index in [1.807, 2.05) is 0 Å². The van der Waals surface area contributed by atoms with E-state index in [0.717, 1.165) is 0 Å². The van der Waals surface area contributed by atoms with Gasteiger partial charge in [0.15, 0.2) is 11.5 Å². The van der Waals surface area contributed by atoms with Crippen molar-refractivity contribution >= 4 is 0 Å². The van der Waals surface area contributed by atoms with Crippen molar-refractivity contribution in [3.05, 3.63) is 24.3 Å². The first kappa shape index (κ1) is 12.6. The van der Waals surface area contributed by atoms with Crippen LogP contribution in [0.15, 0.2) is 24.3 Å². The number of hydrogen-bond donors (Lipinski definition) is 1. The van der Waals surface area contributed by atoms with Gasteiger partial charge < -0.3 is 15.2 Å². The zero-order valence-electron chi connectivity index (χ0n) is 8.62. The van der Waals surface area contributed by atoms with Gasteiger partial charge in [-0.1, -0.05) is 12.1 Å². The Hall–Kier alpha value is -1.43. The van der Waals surface area contributed by atoms with Gasteiger partial charge in [-0.05, 0) is 19.1 Å². The van der Waals surface area contributed by atoms with Gasteiger partial charge in [-0.15, -0.1) is 13.2 Å². The molecule has 3 nitrogen and oxygen atoms in total. The van der Waals surface area contributed by atoms with Crippen LogP contribution in [0.5, 0.6) is 11.5 Å². The molecule has 1 rings (SSSR count). The van der Waals surface area contributed by atoms with Crippen LogP contribution >= 0.6 is 0 Å². The number of ether oxygens (including phenoxy) is 2. The lowest BCUT2D eigenvalue weighted by atomic mass is 10.3. The van der Waals surface area contributed by atoms with Crippen molar-refractivity contribution in [1.29, 1.82) is 0 Å². The van der Waals surface area contributed by atoms with Crippen molar-refractivity contribution in [1.82, 2.24) is 0 Å². The second-order valence-corrected chi connectivity index (χ2v) is 3.28. The summed E-state index contributed by atoms with van der Waals surface area (Å²) >= 11 is 0. The summed E-state index contributed by atoms with van der Waals surface area (Å²) in [6.45, 7) is 1.81. The summed E-state index contributed by atoms with van der Waals surface area (Å²) in [5, 5.41) is 0. The maximum Gasteiger partial charge on any atom is 0.573 e. The monoisotopic (exact) mass is 235 g/mol. The smallest absolute Gasteiger partial charge is 0.488 e. The predicted octanol–water partition coefficient (Wildman–Crippen LogP) is 2.31. The van der Waals surface area contributed by atoms with Crippen LogP contribution in [0.1, 0.15) is 6.92 Å². The second-order valence-electron chi connectivity index (χ2n) is 3.28. The van der Waals surface area contributed by atoms with Crippen molar-refractivity contribution in [3.63, 3.8) is 0 Å². The molecule has 0 amide bonds. The normalized spacial score (nSPS) is 13.3. The summed E-state index contributed by atoms with van der Waals surface area (Å²) in [5.41, 5.74) is 5.43. The molecule has 6 heteroatoms. The van der Waals surface area contributed by atoms with E-state index in [9.17, 15) is 13.2 Å². The molecule has 0 saturated carbocycles. The van der Waals surface area contributed by atoms with Gasteiger partial charge in [0.05, 0.1) is 0 Å². The topological polar surface area (TPSA) is 44.5 Å². The molecular weight excluding hydrogens is 223 g/mol. The van der Waals surface area contributed by atoms with E-state index in [2.05, 4.69) is 4.74 Å². The summed E-state index contributed by atoms with van der Waals surface area (Å²) in [4.78, 5) is 0. The third-order valence-corrected chi connectivity index (χ3v) is 1.58. The first-order valence-corrected chi connectivity index (χ1v) is 4.61. The third kappa shape index (κ3) is 4.39. The van der Waals surface area contributed by atoms with Gasteiger partial charge in [-0.25, -0.2) is 0 Å². The molecule has 0 heterocycles. The number of benzene rings is 1. The summed E-state index contributed by atoms with van der Waals surface area (Å²) in [6.07, 6.45) is -4.73. The lowest BCUT2D eigenvalue weighted by Gasteiger charge is -2.14. The highest BCUT2D eigenvalue weighted by molar-refractivity contribution is 5.39. The minimum Gasteiger partial charge on any atom is -0.488 e. The van der Waals surface area contributed by atoms with Crippen molar-refractivity contribution in [3.8, 4) is 11.5 Å². The number of halogens is 3. The third-order valence-electron chi connectivity index (χ3n) is 1.58. The summed E-state index contributed by atoms with van der Waals surface area (Å²) in [7, 11) is 0. The second kappa shape index (κ2) is 5.07. The highest BCUT2D eigenvalue weighted by atomic mass is 19.4. The molecule has 2 N–H and O–H groups in total. The first-order valence-electron chi connectivity index (χ1n) is 4.61. The van der Waals surface area contributed by atoms with Gasteiger partial charge >= 0.3 is 6.36 Å². The van der Waals surface area contributed by atoms with Crippen LogP contribution in [-0.2, 0) is 0 Å². The fourth-order valence-corrected chi connectivity index (χ4v) is 1.000. The Kier molecular flexibility index (Phi) is 4.00. The molecule has 16 heavy (non-hydrogen) atoms. The van der Waals surface area contributed by atoms with Gasteiger partial charge in [-0.3, -0.25) is 0 Å². The van der Waals surface area contributed by atoms with E-state index in [0.29, 0.717) is 0 Å². The summed E-state index contributed by atoms with van der Waals surface area (Å²) in [5.74, 6) is -0.340. The summed E-state index contributed by atoms with van der Waals surface area (Å²) < 4.78 is 44.9. The molecular formula is C10H12F3NO2. The van der Waals surface area contributed by atoms with Crippen LogP contribution < -0.4 is 15.2 Å². The van der Waals surface area contributed by atoms with Crippen molar-refractivity contribution in [2.45, 2.75) is 19.3 Å². The summed E-state index contributed by atoms with van der Waals surface area (Å²) in [6, 6.07) is 5.30. The van der Waals surface area contributed by atoms with Crippen LogP contribution in [0.25, 0.3) is 0 Å². The first-order chi connectivity index (χ1) is 7.38. The zero-order chi connectivity index (χ0) is 12.2. The van der Waals surface area contributed by atoms with Gasteiger partial charge in [0, 0.05) is 6.04 Å². The highest BCUT2D eigenvalue weighted by Crippen LogP contribution is 2.31. The molecule has 0 fully saturated rings. The molecule has 1 aromatic carbocycles. The number of hydrogen-bond acceptors (Lipinski definition) is 3. The van der Waals surface area contributed by atoms with Crippen LogP contribution in [-0.4, -0.2) is 19.0 Å². The van der Waals surface area contributed by atoms with Gasteiger partial charge in [-0.2, -0.15) is 0 Å². The number of nitrogens with two attached hydrogens (primary N) is 1. The standard InChI is InChI=1S/C10H12F3NO2/c1-7(14)6-15-8-4-2-3-5-9(8)16-10(11,12)13/h2-5,7H,6,14H2,1H3. The van der Waals surface area contributed by atoms with Crippen LogP contribution in [0.2, 0.25) is 0 Å². The Morgan fingerprint density at radius 2 is 1.81 bits per heavy atom. The molecule has 90 valence electrons. The molecule has 0 saturated heterocycles. The molecule has 1 unspecified atom stereocenters. The van der Waals surface area contributed by atoms with E-state index in [4.69, 9.17) is 10.5 Å². The number of rotatable bonds is 4. The lowest BCUT2D eigenvalue weighted by Crippen LogP contribution is -2.24. The fourth-order valence-electron chi connectivity index (χ4n) is 1.000. The number of para-hydroxylation sites is 2. The Bertz CT molecular complexity index is 339. The maximum atomic E-state index is 12.0. The molecule has 1 atom stereocenters. The fraction of sp³-hybridized carbons (Fsp3) is 0.400. The highest BCUT2D eigenvalue weighted by Gasteiger charge is 2.32. The molecule has 1 aromatic rings. The minimum atomic E-state index is -4.73. The molecule has 0 aliphatic carbocycles. The van der Waals surface area contributed by atoms with E-state index in [-0.39, 0.29) is 24.1 Å². The molecule has 0 spiro atoms. The molecule has 0 aromatic heterocycles. The van der Waals surface area contributed by atoms with Crippen molar-refractivity contribution in [2.24, 2.45) is 5.73 Å². The lowest BCUT2D eigenvalue weighted by molar-refractivity contribution is -0.275. The van der Waals surface area contributed by atoms with E-state index >= 15 is 0 Å². The largest absolute Gasteiger partial charge is 0.573 e. The Morgan fingerprint density at radius 1 is 1.25 bits per heavy atom. The van der Waals surface area contributed by atoms with Crippen LogP contribution in [0.3, 0.4) is 0 Å². The average molecular weight is 235 g/mol. The van der Waals surface area contributed by atoms with E-state index < -0.39 is 6.36 Å². The van der Waals surface area contributed by atoms with Gasteiger partial charge in [0.1, 0.15) is 6.61 Å². The zero-order valence-corrected chi connectivity index (χ0v) is 8.62. The quantitative estimate of drug-likeness (QED) is 0.870. The Balaban J connectivity index is 2.75. The van der Waals surface area contributed by atoms with Crippen molar-refractivity contribution < 1.29 is 22.6 Å².